The molecule has 0 aliphatic carbocycles. The van der Waals surface area contributed by atoms with E-state index in [1.165, 1.54) is 13.8 Å². The van der Waals surface area contributed by atoms with Crippen LogP contribution in [0.2, 0.25) is 0 Å². The van der Waals surface area contributed by atoms with Crippen molar-refractivity contribution in [2.24, 2.45) is 0 Å². The highest BCUT2D eigenvalue weighted by Gasteiger charge is 2.48. The maximum atomic E-state index is 12.7. The summed E-state index contributed by atoms with van der Waals surface area (Å²) in [6, 6.07) is -0.134. The number of aryl methyl sites for hydroxylation is 2. The summed E-state index contributed by atoms with van der Waals surface area (Å²) in [4.78, 5) is 39.3. The second kappa shape index (κ2) is 5.61. The van der Waals surface area contributed by atoms with Crippen LogP contribution in [-0.4, -0.2) is 51.6 Å². The predicted molar refractivity (Wildman–Crippen MR) is 81.9 cm³/mol. The lowest BCUT2D eigenvalue weighted by molar-refractivity contribution is -0.140. The molecule has 1 aromatic rings. The van der Waals surface area contributed by atoms with Crippen molar-refractivity contribution in [1.29, 1.82) is 0 Å². The summed E-state index contributed by atoms with van der Waals surface area (Å²) < 4.78 is 10.2. The second-order valence-corrected chi connectivity index (χ2v) is 6.75. The van der Waals surface area contributed by atoms with Crippen molar-refractivity contribution in [3.63, 3.8) is 0 Å². The summed E-state index contributed by atoms with van der Waals surface area (Å²) in [5.41, 5.74) is 0.454. The predicted octanol–water partition coefficient (Wildman–Crippen LogP) is 1.71. The third-order valence-electron chi connectivity index (χ3n) is 4.61. The fourth-order valence-corrected chi connectivity index (χ4v) is 3.42. The zero-order valence-electron chi connectivity index (χ0n) is 14.3. The minimum atomic E-state index is -1.22. The molecule has 0 saturated carbocycles. The summed E-state index contributed by atoms with van der Waals surface area (Å²) in [5, 5.41) is 3.95. The molecule has 2 aliphatic heterocycles. The van der Waals surface area contributed by atoms with Gasteiger partial charge in [0.15, 0.2) is 5.60 Å². The van der Waals surface area contributed by atoms with E-state index in [1.807, 2.05) is 13.8 Å². The van der Waals surface area contributed by atoms with Crippen LogP contribution in [0.4, 0.5) is 4.79 Å². The Morgan fingerprint density at radius 3 is 2.58 bits per heavy atom. The molecule has 1 aromatic heterocycles. The third-order valence-corrected chi connectivity index (χ3v) is 4.61. The second-order valence-electron chi connectivity index (χ2n) is 6.75. The molecule has 8 nitrogen and oxygen atoms in total. The van der Waals surface area contributed by atoms with Gasteiger partial charge in [-0.15, -0.1) is 0 Å². The molecule has 130 valence electrons. The number of cyclic esters (lactones) is 1. The van der Waals surface area contributed by atoms with Gasteiger partial charge in [-0.25, -0.2) is 9.69 Å². The van der Waals surface area contributed by atoms with Crippen LogP contribution in [0, 0.1) is 13.8 Å². The molecule has 3 amide bonds. The topological polar surface area (TPSA) is 93.0 Å². The van der Waals surface area contributed by atoms with E-state index in [0.717, 1.165) is 29.0 Å². The number of amides is 3. The van der Waals surface area contributed by atoms with Crippen molar-refractivity contribution >= 4 is 17.9 Å². The Morgan fingerprint density at radius 2 is 2.04 bits per heavy atom. The first-order valence-corrected chi connectivity index (χ1v) is 7.99. The van der Waals surface area contributed by atoms with E-state index >= 15 is 0 Å². The quantitative estimate of drug-likeness (QED) is 0.835. The molecular weight excluding hydrogens is 314 g/mol. The first-order chi connectivity index (χ1) is 11.2. The average Bonchev–Trinajstić information content (AvgIpc) is 3.13. The van der Waals surface area contributed by atoms with Gasteiger partial charge in [0.25, 0.3) is 5.91 Å². The van der Waals surface area contributed by atoms with Gasteiger partial charge in [0, 0.05) is 12.1 Å². The zero-order chi connectivity index (χ0) is 17.6. The molecule has 0 aromatic carbocycles. The zero-order valence-corrected chi connectivity index (χ0v) is 14.3. The molecule has 3 heterocycles. The number of nitrogens with zero attached hydrogens (tertiary/aromatic N) is 3. The SMILES string of the molecule is Cc1noc(C)c1C1CCCN1C(=O)CN1C(=O)OC(C)(C)C1=O. The first-order valence-electron chi connectivity index (χ1n) is 7.99. The van der Waals surface area contributed by atoms with Crippen molar-refractivity contribution < 1.29 is 23.6 Å². The van der Waals surface area contributed by atoms with E-state index in [-0.39, 0.29) is 18.5 Å². The number of hydrogen-bond donors (Lipinski definition) is 0. The molecule has 1 atom stereocenters. The van der Waals surface area contributed by atoms with Crippen LogP contribution in [-0.2, 0) is 14.3 Å². The first kappa shape index (κ1) is 16.5. The molecule has 3 rings (SSSR count). The largest absolute Gasteiger partial charge is 0.433 e. The van der Waals surface area contributed by atoms with Crippen LogP contribution < -0.4 is 0 Å². The fourth-order valence-electron chi connectivity index (χ4n) is 3.42. The average molecular weight is 335 g/mol. The van der Waals surface area contributed by atoms with Gasteiger partial charge in [0.2, 0.25) is 5.91 Å². The maximum Gasteiger partial charge on any atom is 0.418 e. The van der Waals surface area contributed by atoms with E-state index in [9.17, 15) is 14.4 Å². The molecule has 8 heteroatoms. The normalized spacial score (nSPS) is 23.1. The number of rotatable bonds is 3. The lowest BCUT2D eigenvalue weighted by Gasteiger charge is -2.26. The number of ether oxygens (including phenoxy) is 1. The summed E-state index contributed by atoms with van der Waals surface area (Å²) in [5.74, 6) is -0.0792. The summed E-state index contributed by atoms with van der Waals surface area (Å²) in [7, 11) is 0. The molecule has 0 bridgehead atoms. The number of carbonyl (C=O) groups excluding carboxylic acids is 3. The molecule has 0 radical (unpaired) electrons. The highest BCUT2D eigenvalue weighted by atomic mass is 16.6. The van der Waals surface area contributed by atoms with Gasteiger partial charge in [-0.3, -0.25) is 9.59 Å². The van der Waals surface area contributed by atoms with Gasteiger partial charge in [-0.1, -0.05) is 5.16 Å². The van der Waals surface area contributed by atoms with E-state index < -0.39 is 17.6 Å². The third kappa shape index (κ3) is 2.55. The van der Waals surface area contributed by atoms with Crippen LogP contribution in [0.3, 0.4) is 0 Å². The van der Waals surface area contributed by atoms with Crippen molar-refractivity contribution in [2.45, 2.75) is 52.2 Å². The van der Waals surface area contributed by atoms with E-state index in [2.05, 4.69) is 5.16 Å². The lowest BCUT2D eigenvalue weighted by atomic mass is 10.0. The molecule has 0 N–H and O–H groups in total. The summed E-state index contributed by atoms with van der Waals surface area (Å²) in [6.07, 6.45) is 0.884. The van der Waals surface area contributed by atoms with Crippen LogP contribution in [0.15, 0.2) is 4.52 Å². The molecule has 0 spiro atoms. The Bertz CT molecular complexity index is 689. The molecule has 2 fully saturated rings. The van der Waals surface area contributed by atoms with Gasteiger partial charge in [-0.05, 0) is 40.5 Å². The Labute approximate surface area is 139 Å². The minimum absolute atomic E-state index is 0.134. The molecular formula is C16H21N3O5. The van der Waals surface area contributed by atoms with Crippen molar-refractivity contribution in [3.05, 3.63) is 17.0 Å². The van der Waals surface area contributed by atoms with Gasteiger partial charge in [0.05, 0.1) is 11.7 Å². The van der Waals surface area contributed by atoms with Gasteiger partial charge >= 0.3 is 6.09 Å². The fraction of sp³-hybridized carbons (Fsp3) is 0.625. The Kier molecular flexibility index (Phi) is 3.85. The summed E-state index contributed by atoms with van der Waals surface area (Å²) in [6.45, 7) is 6.96. The molecule has 1 unspecified atom stereocenters. The molecule has 24 heavy (non-hydrogen) atoms. The Hall–Kier alpha value is -2.38. The van der Waals surface area contributed by atoms with Crippen LogP contribution in [0.1, 0.15) is 49.7 Å². The monoisotopic (exact) mass is 335 g/mol. The number of hydrogen-bond acceptors (Lipinski definition) is 6. The van der Waals surface area contributed by atoms with Crippen molar-refractivity contribution in [3.8, 4) is 0 Å². The summed E-state index contributed by atoms with van der Waals surface area (Å²) >= 11 is 0. The van der Waals surface area contributed by atoms with E-state index in [1.54, 1.807) is 4.90 Å². The standard InChI is InChI=1S/C16H21N3O5/c1-9-13(10(2)24-17-9)11-6-5-7-18(11)12(20)8-19-14(21)16(3,4)23-15(19)22/h11H,5-8H2,1-4H3. The Morgan fingerprint density at radius 1 is 1.33 bits per heavy atom. The highest BCUT2D eigenvalue weighted by molar-refractivity contribution is 6.04. The lowest BCUT2D eigenvalue weighted by Crippen LogP contribution is -2.44. The van der Waals surface area contributed by atoms with Crippen LogP contribution >= 0.6 is 0 Å². The van der Waals surface area contributed by atoms with Crippen molar-refractivity contribution in [1.82, 2.24) is 15.0 Å². The number of aromatic nitrogens is 1. The van der Waals surface area contributed by atoms with Gasteiger partial charge in [0.1, 0.15) is 12.3 Å². The number of carbonyl (C=O) groups is 3. The van der Waals surface area contributed by atoms with Gasteiger partial charge in [-0.2, -0.15) is 0 Å². The number of likely N-dealkylation sites (tertiary alicyclic amines) is 1. The van der Waals surface area contributed by atoms with Crippen molar-refractivity contribution in [2.75, 3.05) is 13.1 Å². The Balaban J connectivity index is 1.78. The molecule has 2 saturated heterocycles. The minimum Gasteiger partial charge on any atom is -0.433 e. The maximum absolute atomic E-state index is 12.7. The van der Waals surface area contributed by atoms with Crippen LogP contribution in [0.5, 0.6) is 0 Å². The van der Waals surface area contributed by atoms with E-state index in [4.69, 9.17) is 9.26 Å². The smallest absolute Gasteiger partial charge is 0.418 e. The number of imide groups is 1. The highest BCUT2D eigenvalue weighted by Crippen LogP contribution is 2.36. The van der Waals surface area contributed by atoms with Crippen LogP contribution in [0.25, 0.3) is 0 Å². The van der Waals surface area contributed by atoms with Gasteiger partial charge < -0.3 is 14.2 Å². The molecule has 2 aliphatic rings. The van der Waals surface area contributed by atoms with E-state index in [0.29, 0.717) is 12.3 Å².